The lowest BCUT2D eigenvalue weighted by molar-refractivity contribution is 0.274. The predicted octanol–water partition coefficient (Wildman–Crippen LogP) is 1.79. The van der Waals surface area contributed by atoms with Crippen LogP contribution in [0.5, 0.6) is 5.75 Å². The first kappa shape index (κ1) is 8.57. The van der Waals surface area contributed by atoms with Crippen molar-refractivity contribution in [2.24, 2.45) is 5.92 Å². The molecule has 1 aromatic rings. The number of methoxy groups -OCH3 is 1. The molecule has 2 rings (SSSR count). The molecule has 0 amide bonds. The lowest BCUT2D eigenvalue weighted by Gasteiger charge is -2.02. The van der Waals surface area contributed by atoms with E-state index in [9.17, 15) is 0 Å². The van der Waals surface area contributed by atoms with Crippen molar-refractivity contribution in [3.63, 3.8) is 0 Å². The fourth-order valence-electron chi connectivity index (χ4n) is 1.73. The van der Waals surface area contributed by atoms with Crippen molar-refractivity contribution in [1.29, 1.82) is 0 Å². The fraction of sp³-hybridized carbons (Fsp3) is 0.455. The highest BCUT2D eigenvalue weighted by Crippen LogP contribution is 2.47. The van der Waals surface area contributed by atoms with Gasteiger partial charge in [-0.1, -0.05) is 12.1 Å². The van der Waals surface area contributed by atoms with Gasteiger partial charge in [-0.2, -0.15) is 0 Å². The van der Waals surface area contributed by atoms with Crippen molar-refractivity contribution in [3.8, 4) is 5.75 Å². The normalized spacial score (nSPS) is 25.7. The molecule has 1 saturated carbocycles. The van der Waals surface area contributed by atoms with E-state index in [0.717, 1.165) is 12.2 Å². The van der Waals surface area contributed by atoms with E-state index in [1.54, 1.807) is 7.11 Å². The van der Waals surface area contributed by atoms with Gasteiger partial charge in [0.25, 0.3) is 0 Å². The summed E-state index contributed by atoms with van der Waals surface area (Å²) < 4.78 is 5.14. The van der Waals surface area contributed by atoms with Gasteiger partial charge in [0.15, 0.2) is 0 Å². The monoisotopic (exact) mass is 178 g/mol. The van der Waals surface area contributed by atoms with Crippen LogP contribution >= 0.6 is 0 Å². The lowest BCUT2D eigenvalue weighted by atomic mass is 10.1. The van der Waals surface area contributed by atoms with E-state index in [-0.39, 0.29) is 0 Å². The summed E-state index contributed by atoms with van der Waals surface area (Å²) >= 11 is 0. The Hall–Kier alpha value is -1.02. The zero-order valence-corrected chi connectivity index (χ0v) is 7.73. The van der Waals surface area contributed by atoms with Crippen LogP contribution in [0, 0.1) is 5.92 Å². The minimum Gasteiger partial charge on any atom is -0.497 e. The third kappa shape index (κ3) is 1.68. The summed E-state index contributed by atoms with van der Waals surface area (Å²) in [6.45, 7) is 0.307. The van der Waals surface area contributed by atoms with Gasteiger partial charge in [-0.05, 0) is 36.0 Å². The molecule has 0 radical (unpaired) electrons. The van der Waals surface area contributed by atoms with Crippen molar-refractivity contribution < 1.29 is 9.84 Å². The molecule has 0 aliphatic heterocycles. The van der Waals surface area contributed by atoms with Gasteiger partial charge < -0.3 is 9.84 Å². The Kier molecular flexibility index (Phi) is 2.23. The van der Waals surface area contributed by atoms with Gasteiger partial charge in [0.05, 0.1) is 7.11 Å². The molecule has 0 spiro atoms. The van der Waals surface area contributed by atoms with Crippen LogP contribution in [0.25, 0.3) is 0 Å². The molecular formula is C11H14O2. The Bertz CT molecular complexity index is 296. The number of benzene rings is 1. The summed E-state index contributed by atoms with van der Waals surface area (Å²) in [6.07, 6.45) is 1.11. The zero-order valence-electron chi connectivity index (χ0n) is 7.73. The Morgan fingerprint density at radius 1 is 1.54 bits per heavy atom. The van der Waals surface area contributed by atoms with Crippen molar-refractivity contribution >= 4 is 0 Å². The average molecular weight is 178 g/mol. The first-order valence-electron chi connectivity index (χ1n) is 4.60. The molecular weight excluding hydrogens is 164 g/mol. The lowest BCUT2D eigenvalue weighted by Crippen LogP contribution is -1.89. The number of ether oxygens (including phenoxy) is 1. The molecule has 2 nitrogen and oxygen atoms in total. The zero-order chi connectivity index (χ0) is 9.26. The van der Waals surface area contributed by atoms with E-state index in [1.807, 2.05) is 12.1 Å². The molecule has 13 heavy (non-hydrogen) atoms. The van der Waals surface area contributed by atoms with E-state index in [2.05, 4.69) is 12.1 Å². The van der Waals surface area contributed by atoms with Gasteiger partial charge in [0.1, 0.15) is 5.75 Å². The largest absolute Gasteiger partial charge is 0.497 e. The molecule has 0 aromatic heterocycles. The summed E-state index contributed by atoms with van der Waals surface area (Å²) in [5, 5.41) is 8.93. The van der Waals surface area contributed by atoms with Crippen LogP contribution in [-0.4, -0.2) is 18.8 Å². The summed E-state index contributed by atoms with van der Waals surface area (Å²) in [5.74, 6) is 1.94. The van der Waals surface area contributed by atoms with Crippen LogP contribution in [0.2, 0.25) is 0 Å². The standard InChI is InChI=1S/C11H14O2/c1-13-10-4-2-3-8(5-10)11-6-9(11)7-12/h2-5,9,11-12H,6-7H2,1H3. The number of aliphatic hydroxyl groups excluding tert-OH is 1. The topological polar surface area (TPSA) is 29.5 Å². The van der Waals surface area contributed by atoms with E-state index in [0.29, 0.717) is 18.4 Å². The SMILES string of the molecule is COc1cccc(C2CC2CO)c1. The maximum absolute atomic E-state index is 8.93. The second-order valence-electron chi connectivity index (χ2n) is 3.56. The Morgan fingerprint density at radius 2 is 2.38 bits per heavy atom. The Labute approximate surface area is 78.2 Å². The summed E-state index contributed by atoms with van der Waals surface area (Å²) in [5.41, 5.74) is 1.29. The van der Waals surface area contributed by atoms with Gasteiger partial charge >= 0.3 is 0 Å². The fourth-order valence-corrected chi connectivity index (χ4v) is 1.73. The Morgan fingerprint density at radius 3 is 3.00 bits per heavy atom. The molecule has 2 heteroatoms. The molecule has 1 aliphatic rings. The number of hydrogen-bond acceptors (Lipinski definition) is 2. The first-order chi connectivity index (χ1) is 6.35. The van der Waals surface area contributed by atoms with Crippen LogP contribution in [0.1, 0.15) is 17.9 Å². The molecule has 1 aliphatic carbocycles. The smallest absolute Gasteiger partial charge is 0.119 e. The molecule has 2 atom stereocenters. The quantitative estimate of drug-likeness (QED) is 0.764. The van der Waals surface area contributed by atoms with Gasteiger partial charge in [-0.3, -0.25) is 0 Å². The van der Waals surface area contributed by atoms with E-state index in [4.69, 9.17) is 9.84 Å². The third-order valence-corrected chi connectivity index (χ3v) is 2.68. The maximum Gasteiger partial charge on any atom is 0.119 e. The minimum absolute atomic E-state index is 0.307. The third-order valence-electron chi connectivity index (χ3n) is 2.68. The summed E-state index contributed by atoms with van der Waals surface area (Å²) in [7, 11) is 1.68. The average Bonchev–Trinajstić information content (AvgIpc) is 2.97. The highest BCUT2D eigenvalue weighted by atomic mass is 16.5. The van der Waals surface area contributed by atoms with Crippen LogP contribution in [0.4, 0.5) is 0 Å². The van der Waals surface area contributed by atoms with Crippen molar-refractivity contribution in [1.82, 2.24) is 0 Å². The minimum atomic E-state index is 0.307. The molecule has 2 unspecified atom stereocenters. The predicted molar refractivity (Wildman–Crippen MR) is 50.9 cm³/mol. The van der Waals surface area contributed by atoms with Crippen LogP contribution < -0.4 is 4.74 Å². The van der Waals surface area contributed by atoms with Gasteiger partial charge in [0, 0.05) is 6.61 Å². The van der Waals surface area contributed by atoms with Crippen molar-refractivity contribution in [2.45, 2.75) is 12.3 Å². The van der Waals surface area contributed by atoms with Crippen molar-refractivity contribution in [2.75, 3.05) is 13.7 Å². The second-order valence-corrected chi connectivity index (χ2v) is 3.56. The second kappa shape index (κ2) is 3.38. The molecule has 0 heterocycles. The van der Waals surface area contributed by atoms with Gasteiger partial charge in [-0.15, -0.1) is 0 Å². The maximum atomic E-state index is 8.93. The highest BCUT2D eigenvalue weighted by molar-refractivity contribution is 5.33. The Balaban J connectivity index is 2.13. The molecule has 1 aromatic carbocycles. The molecule has 1 fully saturated rings. The first-order valence-corrected chi connectivity index (χ1v) is 4.60. The van der Waals surface area contributed by atoms with Gasteiger partial charge in [0.2, 0.25) is 0 Å². The molecule has 0 bridgehead atoms. The highest BCUT2D eigenvalue weighted by Gasteiger charge is 2.37. The van der Waals surface area contributed by atoms with E-state index in [1.165, 1.54) is 5.56 Å². The molecule has 70 valence electrons. The van der Waals surface area contributed by atoms with E-state index < -0.39 is 0 Å². The van der Waals surface area contributed by atoms with E-state index >= 15 is 0 Å². The van der Waals surface area contributed by atoms with Crippen molar-refractivity contribution in [3.05, 3.63) is 29.8 Å². The summed E-state index contributed by atoms with van der Waals surface area (Å²) in [6, 6.07) is 8.10. The van der Waals surface area contributed by atoms with Gasteiger partial charge in [-0.25, -0.2) is 0 Å². The number of rotatable bonds is 3. The summed E-state index contributed by atoms with van der Waals surface area (Å²) in [4.78, 5) is 0. The molecule has 0 saturated heterocycles. The van der Waals surface area contributed by atoms with Crippen LogP contribution in [-0.2, 0) is 0 Å². The number of hydrogen-bond donors (Lipinski definition) is 1. The molecule has 1 N–H and O–H groups in total. The number of aliphatic hydroxyl groups is 1. The van der Waals surface area contributed by atoms with Crippen LogP contribution in [0.3, 0.4) is 0 Å². The van der Waals surface area contributed by atoms with Crippen LogP contribution in [0.15, 0.2) is 24.3 Å².